The Balaban J connectivity index is 2.10. The van der Waals surface area contributed by atoms with Crippen molar-refractivity contribution in [1.82, 2.24) is 9.55 Å². The van der Waals surface area contributed by atoms with Crippen LogP contribution in [0.15, 0.2) is 11.1 Å². The summed E-state index contributed by atoms with van der Waals surface area (Å²) in [5.74, 6) is 0.254. The number of hydrogen-bond donors (Lipinski definition) is 0. The highest BCUT2D eigenvalue weighted by Gasteiger charge is 2.25. The van der Waals surface area contributed by atoms with Gasteiger partial charge in [0.25, 0.3) is 5.56 Å². The van der Waals surface area contributed by atoms with Crippen molar-refractivity contribution in [1.29, 1.82) is 0 Å². The molecule has 2 heterocycles. The summed E-state index contributed by atoms with van der Waals surface area (Å²) in [5.41, 5.74) is 1.01. The third-order valence-corrected chi connectivity index (χ3v) is 5.45. The molecule has 2 aromatic rings. The number of nitrogens with zero attached hydrogens (tertiary/aromatic N) is 2. The molecule has 0 fully saturated rings. The summed E-state index contributed by atoms with van der Waals surface area (Å²) in [6.45, 7) is 5.97. The minimum absolute atomic E-state index is 0.127. The molecule has 2 aromatic heterocycles. The topological polar surface area (TPSA) is 61.2 Å². The van der Waals surface area contributed by atoms with Gasteiger partial charge in [-0.25, -0.2) is 9.78 Å². The molecule has 5 nitrogen and oxygen atoms in total. The van der Waals surface area contributed by atoms with Crippen LogP contribution < -0.4 is 5.56 Å². The molecular weight excluding hydrogens is 300 g/mol. The van der Waals surface area contributed by atoms with Crippen LogP contribution in [0, 0.1) is 5.92 Å². The van der Waals surface area contributed by atoms with Gasteiger partial charge in [-0.2, -0.15) is 0 Å². The number of aromatic nitrogens is 2. The number of carbonyl (C=O) groups is 1. The molecular formula is C16H20N2O3S. The third-order valence-electron chi connectivity index (χ3n) is 4.29. The molecule has 118 valence electrons. The lowest BCUT2D eigenvalue weighted by molar-refractivity contribution is -0.146. The quantitative estimate of drug-likeness (QED) is 0.816. The second kappa shape index (κ2) is 5.83. The SMILES string of the molecule is CCOC(=O)C(C)n1cnc2sc3c(c2c1=O)CCC(C)C3. The van der Waals surface area contributed by atoms with E-state index in [9.17, 15) is 9.59 Å². The van der Waals surface area contributed by atoms with Gasteiger partial charge in [0.15, 0.2) is 0 Å². The first-order valence-corrected chi connectivity index (χ1v) is 8.52. The van der Waals surface area contributed by atoms with Crippen molar-refractivity contribution in [3.8, 4) is 0 Å². The predicted molar refractivity (Wildman–Crippen MR) is 86.4 cm³/mol. The minimum atomic E-state index is -0.651. The molecule has 0 N–H and O–H groups in total. The van der Waals surface area contributed by atoms with Crippen molar-refractivity contribution in [3.05, 3.63) is 27.1 Å². The van der Waals surface area contributed by atoms with Gasteiger partial charge in [0.2, 0.25) is 0 Å². The van der Waals surface area contributed by atoms with E-state index in [0.29, 0.717) is 17.9 Å². The fourth-order valence-electron chi connectivity index (χ4n) is 3.00. The van der Waals surface area contributed by atoms with Crippen LogP contribution in [0.4, 0.5) is 0 Å². The van der Waals surface area contributed by atoms with E-state index >= 15 is 0 Å². The van der Waals surface area contributed by atoms with E-state index < -0.39 is 12.0 Å². The van der Waals surface area contributed by atoms with Gasteiger partial charge >= 0.3 is 5.97 Å². The van der Waals surface area contributed by atoms with E-state index in [0.717, 1.165) is 29.7 Å². The molecule has 0 aliphatic heterocycles. The molecule has 0 saturated carbocycles. The molecule has 0 spiro atoms. The third kappa shape index (κ3) is 2.45. The highest BCUT2D eigenvalue weighted by atomic mass is 32.1. The normalized spacial score (nSPS) is 19.0. The highest BCUT2D eigenvalue weighted by Crippen LogP contribution is 2.35. The van der Waals surface area contributed by atoms with Crippen molar-refractivity contribution in [2.75, 3.05) is 6.61 Å². The Bertz CT molecular complexity index is 778. The monoisotopic (exact) mass is 320 g/mol. The summed E-state index contributed by atoms with van der Waals surface area (Å²) in [7, 11) is 0. The van der Waals surface area contributed by atoms with Crippen molar-refractivity contribution in [2.24, 2.45) is 5.92 Å². The molecule has 3 rings (SSSR count). The second-order valence-corrected chi connectivity index (χ2v) is 7.00. The van der Waals surface area contributed by atoms with Crippen molar-refractivity contribution >= 4 is 27.5 Å². The fourth-order valence-corrected chi connectivity index (χ4v) is 4.34. The molecule has 0 bridgehead atoms. The van der Waals surface area contributed by atoms with Gasteiger partial charge in [0, 0.05) is 4.88 Å². The van der Waals surface area contributed by atoms with Crippen LogP contribution >= 0.6 is 11.3 Å². The van der Waals surface area contributed by atoms with Crippen LogP contribution in [0.3, 0.4) is 0 Å². The maximum Gasteiger partial charge on any atom is 0.328 e. The van der Waals surface area contributed by atoms with E-state index in [-0.39, 0.29) is 5.56 Å². The maximum atomic E-state index is 12.8. The zero-order valence-electron chi connectivity index (χ0n) is 13.1. The van der Waals surface area contributed by atoms with Crippen LogP contribution in [0.1, 0.15) is 43.7 Å². The van der Waals surface area contributed by atoms with Gasteiger partial charge in [-0.15, -0.1) is 11.3 Å². The molecule has 2 atom stereocenters. The smallest absolute Gasteiger partial charge is 0.328 e. The lowest BCUT2D eigenvalue weighted by Crippen LogP contribution is -2.29. The zero-order chi connectivity index (χ0) is 15.9. The highest BCUT2D eigenvalue weighted by molar-refractivity contribution is 7.18. The van der Waals surface area contributed by atoms with Gasteiger partial charge < -0.3 is 4.74 Å². The fraction of sp³-hybridized carbons (Fsp3) is 0.562. The maximum absolute atomic E-state index is 12.8. The summed E-state index contributed by atoms with van der Waals surface area (Å²) in [6, 6.07) is -0.651. The Kier molecular flexibility index (Phi) is 4.04. The van der Waals surface area contributed by atoms with E-state index in [2.05, 4.69) is 11.9 Å². The molecule has 1 aliphatic carbocycles. The number of aryl methyl sites for hydroxylation is 1. The van der Waals surface area contributed by atoms with Crippen LogP contribution in [0.5, 0.6) is 0 Å². The molecule has 0 radical (unpaired) electrons. The number of hydrogen-bond acceptors (Lipinski definition) is 5. The molecule has 0 aromatic carbocycles. The van der Waals surface area contributed by atoms with Crippen molar-refractivity contribution in [3.63, 3.8) is 0 Å². The Morgan fingerprint density at radius 3 is 3.09 bits per heavy atom. The number of carbonyl (C=O) groups excluding carboxylic acids is 1. The Morgan fingerprint density at radius 2 is 2.36 bits per heavy atom. The molecule has 6 heteroatoms. The lowest BCUT2D eigenvalue weighted by atomic mass is 9.89. The summed E-state index contributed by atoms with van der Waals surface area (Å²) in [5, 5.41) is 0.700. The van der Waals surface area contributed by atoms with Crippen molar-refractivity contribution < 1.29 is 9.53 Å². The number of thiophene rings is 1. The van der Waals surface area contributed by atoms with E-state index in [4.69, 9.17) is 4.74 Å². The Labute approximate surface area is 132 Å². The second-order valence-electron chi connectivity index (χ2n) is 5.92. The standard InChI is InChI=1S/C16H20N2O3S/c1-4-21-16(20)10(3)18-8-17-14-13(15(18)19)11-6-5-9(2)7-12(11)22-14/h8-10H,4-7H2,1-3H3. The van der Waals surface area contributed by atoms with Gasteiger partial charge in [0.1, 0.15) is 10.9 Å². The number of rotatable bonds is 3. The molecule has 0 saturated heterocycles. The van der Waals surface area contributed by atoms with Gasteiger partial charge in [0.05, 0.1) is 18.3 Å². The van der Waals surface area contributed by atoms with Gasteiger partial charge in [-0.05, 0) is 44.6 Å². The molecule has 2 unspecified atom stereocenters. The van der Waals surface area contributed by atoms with Gasteiger partial charge in [-0.3, -0.25) is 9.36 Å². The number of esters is 1. The lowest BCUT2D eigenvalue weighted by Gasteiger charge is -2.18. The van der Waals surface area contributed by atoms with E-state index in [1.165, 1.54) is 15.8 Å². The Morgan fingerprint density at radius 1 is 1.59 bits per heavy atom. The summed E-state index contributed by atoms with van der Waals surface area (Å²) in [6.07, 6.45) is 4.51. The van der Waals surface area contributed by atoms with Gasteiger partial charge in [-0.1, -0.05) is 6.92 Å². The van der Waals surface area contributed by atoms with Crippen LogP contribution in [0.25, 0.3) is 10.2 Å². The first kappa shape index (κ1) is 15.2. The van der Waals surface area contributed by atoms with Crippen LogP contribution in [-0.2, 0) is 22.4 Å². The average molecular weight is 320 g/mol. The molecule has 0 amide bonds. The van der Waals surface area contributed by atoms with Crippen LogP contribution in [0.2, 0.25) is 0 Å². The number of fused-ring (bicyclic) bond motifs is 3. The largest absolute Gasteiger partial charge is 0.464 e. The first-order valence-electron chi connectivity index (χ1n) is 7.71. The van der Waals surface area contributed by atoms with Crippen molar-refractivity contribution in [2.45, 2.75) is 46.1 Å². The van der Waals surface area contributed by atoms with Crippen LogP contribution in [-0.4, -0.2) is 22.1 Å². The summed E-state index contributed by atoms with van der Waals surface area (Å²) < 4.78 is 6.40. The van der Waals surface area contributed by atoms with E-state index in [1.807, 2.05) is 0 Å². The minimum Gasteiger partial charge on any atom is -0.464 e. The molecule has 22 heavy (non-hydrogen) atoms. The summed E-state index contributed by atoms with van der Waals surface area (Å²) in [4.78, 5) is 31.2. The Hall–Kier alpha value is -1.69. The van der Waals surface area contributed by atoms with E-state index in [1.54, 1.807) is 25.2 Å². The zero-order valence-corrected chi connectivity index (χ0v) is 13.9. The molecule has 1 aliphatic rings. The average Bonchev–Trinajstić information content (AvgIpc) is 2.85. The summed E-state index contributed by atoms with van der Waals surface area (Å²) >= 11 is 1.62. The predicted octanol–water partition coefficient (Wildman–Crippen LogP) is 2.71. The number of ether oxygens (including phenoxy) is 1. The first-order chi connectivity index (χ1) is 10.5.